The van der Waals surface area contributed by atoms with E-state index >= 15 is 0 Å². The molecular formula is C3H6SSe. The molecule has 2 heteroatoms. The van der Waals surface area contributed by atoms with E-state index in [0.717, 1.165) is 8.82 Å². The summed E-state index contributed by atoms with van der Waals surface area (Å²) in [7, 11) is 0.733. The minimum atomic E-state index is 0.733. The Bertz CT molecular complexity index is 53.9. The molecule has 0 aliphatic carbocycles. The van der Waals surface area contributed by atoms with E-state index in [0.29, 0.717) is 0 Å². The maximum absolute atomic E-state index is 3.10. The van der Waals surface area contributed by atoms with Crippen LogP contribution in [-0.4, -0.2) is 25.9 Å². The van der Waals surface area contributed by atoms with Gasteiger partial charge in [-0.3, -0.25) is 0 Å². The Morgan fingerprint density at radius 3 is 1.80 bits per heavy atom. The molecule has 0 amide bonds. The van der Waals surface area contributed by atoms with Gasteiger partial charge in [0, 0.05) is 0 Å². The molecular weight excluding hydrogens is 147 g/mol. The summed E-state index contributed by atoms with van der Waals surface area (Å²) < 4.78 is 0. The second kappa shape index (κ2) is 1.55. The van der Waals surface area contributed by atoms with E-state index in [2.05, 4.69) is 14.4 Å². The maximum atomic E-state index is 3.10. The Labute approximate surface area is 41.6 Å². The van der Waals surface area contributed by atoms with Gasteiger partial charge in [0.2, 0.25) is 0 Å². The zero-order chi connectivity index (χ0) is 3.70. The first-order valence-corrected chi connectivity index (χ1v) is 5.33. The number of hydrogen-bond acceptors (Lipinski definition) is 0. The van der Waals surface area contributed by atoms with E-state index in [4.69, 9.17) is 0 Å². The van der Waals surface area contributed by atoms with Gasteiger partial charge in [0.1, 0.15) is 0 Å². The van der Waals surface area contributed by atoms with E-state index in [-0.39, 0.29) is 0 Å². The van der Waals surface area contributed by atoms with Crippen LogP contribution in [0, 0.1) is 0 Å². The molecule has 0 unspecified atom stereocenters. The molecule has 0 atom stereocenters. The summed E-state index contributed by atoms with van der Waals surface area (Å²) in [4.78, 5) is 0. The van der Waals surface area contributed by atoms with Gasteiger partial charge in [0.25, 0.3) is 0 Å². The van der Waals surface area contributed by atoms with Crippen LogP contribution < -0.4 is 0 Å². The molecule has 0 nitrogen and oxygen atoms in total. The van der Waals surface area contributed by atoms with Crippen molar-refractivity contribution in [1.82, 2.24) is 0 Å². The molecule has 0 aromatic heterocycles. The summed E-state index contributed by atoms with van der Waals surface area (Å²) in [5.74, 6) is 2.92. The van der Waals surface area contributed by atoms with Crippen LogP contribution in [0.2, 0.25) is 0 Å². The predicted molar refractivity (Wildman–Crippen MR) is 27.7 cm³/mol. The summed E-state index contributed by atoms with van der Waals surface area (Å²) in [6.07, 6.45) is 1.47. The fourth-order valence-corrected chi connectivity index (χ4v) is 2.27. The SMILES string of the molecule is [Se]=S1CCC1. The second-order valence-corrected chi connectivity index (χ2v) is 5.86. The van der Waals surface area contributed by atoms with Crippen molar-refractivity contribution in [1.29, 1.82) is 0 Å². The molecule has 5 heavy (non-hydrogen) atoms. The quantitative estimate of drug-likeness (QED) is 0.450. The van der Waals surface area contributed by atoms with Gasteiger partial charge in [-0.05, 0) is 0 Å². The number of rotatable bonds is 0. The van der Waals surface area contributed by atoms with Crippen LogP contribution in [0.4, 0.5) is 0 Å². The molecule has 0 radical (unpaired) electrons. The molecule has 30 valence electrons. The molecule has 1 aliphatic heterocycles. The summed E-state index contributed by atoms with van der Waals surface area (Å²) in [5.41, 5.74) is 0. The molecule has 0 saturated carbocycles. The Morgan fingerprint density at radius 1 is 1.40 bits per heavy atom. The van der Waals surface area contributed by atoms with Crippen molar-refractivity contribution >= 4 is 23.2 Å². The zero-order valence-electron chi connectivity index (χ0n) is 2.94. The van der Waals surface area contributed by atoms with Gasteiger partial charge < -0.3 is 0 Å². The topological polar surface area (TPSA) is 0 Å². The monoisotopic (exact) mass is 154 g/mol. The van der Waals surface area contributed by atoms with E-state index in [1.807, 2.05) is 0 Å². The van der Waals surface area contributed by atoms with E-state index in [1.165, 1.54) is 17.9 Å². The van der Waals surface area contributed by atoms with Gasteiger partial charge in [-0.2, -0.15) is 0 Å². The average molecular weight is 153 g/mol. The molecule has 0 N–H and O–H groups in total. The number of hydrogen-bond donors (Lipinski definition) is 0. The third kappa shape index (κ3) is 0.850. The third-order valence-corrected chi connectivity index (χ3v) is 4.33. The van der Waals surface area contributed by atoms with Crippen LogP contribution in [0.15, 0.2) is 0 Å². The van der Waals surface area contributed by atoms with E-state index in [9.17, 15) is 0 Å². The van der Waals surface area contributed by atoms with Crippen LogP contribution in [0.25, 0.3) is 0 Å². The van der Waals surface area contributed by atoms with Gasteiger partial charge in [0.15, 0.2) is 0 Å². The van der Waals surface area contributed by atoms with E-state index in [1.54, 1.807) is 0 Å². The van der Waals surface area contributed by atoms with Crippen molar-refractivity contribution in [2.24, 2.45) is 0 Å². The first-order chi connectivity index (χ1) is 2.39. The molecule has 1 aliphatic rings. The van der Waals surface area contributed by atoms with Crippen molar-refractivity contribution in [2.75, 3.05) is 11.5 Å². The normalized spacial score (nSPS) is 25.6. The molecule has 1 rings (SSSR count). The first kappa shape index (κ1) is 4.04. The molecule has 0 aromatic rings. The van der Waals surface area contributed by atoms with Gasteiger partial charge in [-0.25, -0.2) is 0 Å². The molecule has 1 saturated heterocycles. The summed E-state index contributed by atoms with van der Waals surface area (Å²) in [6, 6.07) is 0. The van der Waals surface area contributed by atoms with Gasteiger partial charge >= 0.3 is 41.1 Å². The fourth-order valence-electron chi connectivity index (χ4n) is 0.262. The van der Waals surface area contributed by atoms with Crippen LogP contribution in [0.5, 0.6) is 0 Å². The van der Waals surface area contributed by atoms with E-state index < -0.39 is 0 Å². The predicted octanol–water partition coefficient (Wildman–Crippen LogP) is 0.742. The van der Waals surface area contributed by atoms with Crippen LogP contribution in [0.3, 0.4) is 0 Å². The zero-order valence-corrected chi connectivity index (χ0v) is 5.47. The summed E-state index contributed by atoms with van der Waals surface area (Å²) in [5, 5.41) is 0. The average Bonchev–Trinajstić information content (AvgIpc) is 1.30. The van der Waals surface area contributed by atoms with Crippen LogP contribution in [0.1, 0.15) is 6.42 Å². The van der Waals surface area contributed by atoms with Crippen molar-refractivity contribution < 1.29 is 0 Å². The van der Waals surface area contributed by atoms with Crippen LogP contribution in [-0.2, 0) is 0 Å². The van der Waals surface area contributed by atoms with Crippen molar-refractivity contribution in [2.45, 2.75) is 6.42 Å². The Hall–Kier alpha value is 0.869. The molecule has 0 bridgehead atoms. The third-order valence-electron chi connectivity index (χ3n) is 0.744. The van der Waals surface area contributed by atoms with Crippen molar-refractivity contribution in [3.63, 3.8) is 0 Å². The Balaban J connectivity index is 2.32. The molecule has 1 fully saturated rings. The Kier molecular flexibility index (Phi) is 1.25. The van der Waals surface area contributed by atoms with Crippen molar-refractivity contribution in [3.8, 4) is 0 Å². The van der Waals surface area contributed by atoms with Gasteiger partial charge in [-0.15, -0.1) is 0 Å². The van der Waals surface area contributed by atoms with Crippen LogP contribution >= 0.6 is 8.82 Å². The molecule has 0 aromatic carbocycles. The van der Waals surface area contributed by atoms with Gasteiger partial charge in [-0.1, -0.05) is 0 Å². The second-order valence-electron chi connectivity index (χ2n) is 1.20. The standard InChI is InChI=1S/C3H6SSe/c5-4-2-1-3-4/h1-3H2. The molecule has 1 heterocycles. The first-order valence-electron chi connectivity index (χ1n) is 1.74. The summed E-state index contributed by atoms with van der Waals surface area (Å²) >= 11 is 3.10. The molecule has 0 spiro atoms. The van der Waals surface area contributed by atoms with Crippen molar-refractivity contribution in [3.05, 3.63) is 0 Å². The minimum absolute atomic E-state index is 0.733. The van der Waals surface area contributed by atoms with Gasteiger partial charge in [0.05, 0.1) is 0 Å². The fraction of sp³-hybridized carbons (Fsp3) is 1.00. The summed E-state index contributed by atoms with van der Waals surface area (Å²) in [6.45, 7) is 0. The Morgan fingerprint density at radius 2 is 1.80 bits per heavy atom.